The van der Waals surface area contributed by atoms with E-state index in [1.165, 1.54) is 0 Å². The maximum absolute atomic E-state index is 11.7. The minimum Gasteiger partial charge on any atom is -0.481 e. The highest BCUT2D eigenvalue weighted by atomic mass is 32.2. The lowest BCUT2D eigenvalue weighted by Gasteiger charge is -2.22. The molecule has 16 heavy (non-hydrogen) atoms. The monoisotopic (exact) mass is 251 g/mol. The highest BCUT2D eigenvalue weighted by Crippen LogP contribution is 2.15. The quantitative estimate of drug-likeness (QED) is 0.765. The number of sulfonamides is 1. The van der Waals surface area contributed by atoms with Crippen molar-refractivity contribution in [1.82, 2.24) is 4.72 Å². The van der Waals surface area contributed by atoms with Crippen LogP contribution >= 0.6 is 0 Å². The minimum atomic E-state index is -3.47. The number of nitrogens with one attached hydrogen (secondary N) is 1. The molecule has 0 aromatic rings. The van der Waals surface area contributed by atoms with Gasteiger partial charge in [-0.1, -0.05) is 13.8 Å². The summed E-state index contributed by atoms with van der Waals surface area (Å²) in [6.45, 7) is 8.16. The molecule has 0 saturated carbocycles. The summed E-state index contributed by atoms with van der Waals surface area (Å²) in [4.78, 5) is 10.9. The van der Waals surface area contributed by atoms with E-state index in [-0.39, 0.29) is 12.5 Å². The van der Waals surface area contributed by atoms with Crippen molar-refractivity contribution in [1.29, 1.82) is 0 Å². The van der Waals surface area contributed by atoms with Crippen molar-refractivity contribution in [3.8, 4) is 0 Å². The molecule has 0 saturated heterocycles. The van der Waals surface area contributed by atoms with Gasteiger partial charge in [0.2, 0.25) is 10.0 Å². The van der Waals surface area contributed by atoms with Gasteiger partial charge in [-0.2, -0.15) is 0 Å². The van der Waals surface area contributed by atoms with E-state index in [0.29, 0.717) is 0 Å². The number of rotatable bonds is 5. The molecule has 6 heteroatoms. The van der Waals surface area contributed by atoms with Crippen molar-refractivity contribution in [2.45, 2.75) is 39.4 Å². The van der Waals surface area contributed by atoms with Gasteiger partial charge in [0.25, 0.3) is 0 Å². The fraction of sp³-hybridized carbons (Fsp3) is 0.900. The maximum Gasteiger partial charge on any atom is 0.308 e. The van der Waals surface area contributed by atoms with E-state index in [9.17, 15) is 13.2 Å². The normalized spacial score (nSPS) is 15.1. The lowest BCUT2D eigenvalue weighted by molar-refractivity contribution is -0.142. The SMILES string of the molecule is CC(C)C(CNS(=O)(=O)C(C)(C)C)C(=O)O. The number of aliphatic carboxylic acids is 1. The van der Waals surface area contributed by atoms with E-state index in [0.717, 1.165) is 0 Å². The average molecular weight is 251 g/mol. The first kappa shape index (κ1) is 15.4. The van der Waals surface area contributed by atoms with Gasteiger partial charge in [-0.25, -0.2) is 13.1 Å². The summed E-state index contributed by atoms with van der Waals surface area (Å²) >= 11 is 0. The molecule has 0 radical (unpaired) electrons. The molecule has 96 valence electrons. The third kappa shape index (κ3) is 4.09. The van der Waals surface area contributed by atoms with Crippen molar-refractivity contribution >= 4 is 16.0 Å². The van der Waals surface area contributed by atoms with Crippen LogP contribution in [0.25, 0.3) is 0 Å². The number of hydrogen-bond donors (Lipinski definition) is 2. The molecular weight excluding hydrogens is 230 g/mol. The fourth-order valence-corrected chi connectivity index (χ4v) is 1.86. The highest BCUT2D eigenvalue weighted by Gasteiger charge is 2.31. The van der Waals surface area contributed by atoms with Gasteiger partial charge < -0.3 is 5.11 Å². The molecule has 0 aliphatic heterocycles. The Hall–Kier alpha value is -0.620. The summed E-state index contributed by atoms with van der Waals surface area (Å²) in [5.74, 6) is -1.79. The summed E-state index contributed by atoms with van der Waals surface area (Å²) in [6.07, 6.45) is 0. The second-order valence-corrected chi connectivity index (χ2v) is 7.67. The molecule has 5 nitrogen and oxygen atoms in total. The van der Waals surface area contributed by atoms with E-state index < -0.39 is 26.7 Å². The first-order valence-corrected chi connectivity index (χ1v) is 6.69. The van der Waals surface area contributed by atoms with Crippen LogP contribution in [0.15, 0.2) is 0 Å². The van der Waals surface area contributed by atoms with Gasteiger partial charge >= 0.3 is 5.97 Å². The summed E-state index contributed by atoms with van der Waals surface area (Å²) in [5, 5.41) is 8.91. The molecule has 1 unspecified atom stereocenters. The molecule has 0 heterocycles. The van der Waals surface area contributed by atoms with Crippen molar-refractivity contribution < 1.29 is 18.3 Å². The van der Waals surface area contributed by atoms with Gasteiger partial charge in [0.05, 0.1) is 10.7 Å². The first-order valence-electron chi connectivity index (χ1n) is 5.21. The van der Waals surface area contributed by atoms with Gasteiger partial charge in [0.15, 0.2) is 0 Å². The first-order chi connectivity index (χ1) is 6.99. The van der Waals surface area contributed by atoms with Crippen LogP contribution in [0, 0.1) is 11.8 Å². The Kier molecular flexibility index (Phi) is 4.94. The van der Waals surface area contributed by atoms with Crippen LogP contribution in [0.1, 0.15) is 34.6 Å². The fourth-order valence-electron chi connectivity index (χ4n) is 1.02. The van der Waals surface area contributed by atoms with Crippen molar-refractivity contribution in [2.24, 2.45) is 11.8 Å². The molecule has 0 aromatic carbocycles. The predicted molar refractivity (Wildman–Crippen MR) is 62.6 cm³/mol. The Morgan fingerprint density at radius 3 is 2.00 bits per heavy atom. The molecule has 1 atom stereocenters. The van der Waals surface area contributed by atoms with Crippen LogP contribution in [0.3, 0.4) is 0 Å². The van der Waals surface area contributed by atoms with Crippen LogP contribution in [-0.2, 0) is 14.8 Å². The molecule has 0 bridgehead atoms. The highest BCUT2D eigenvalue weighted by molar-refractivity contribution is 7.90. The van der Waals surface area contributed by atoms with Gasteiger partial charge in [-0.05, 0) is 26.7 Å². The van der Waals surface area contributed by atoms with E-state index in [4.69, 9.17) is 5.11 Å². The van der Waals surface area contributed by atoms with E-state index >= 15 is 0 Å². The van der Waals surface area contributed by atoms with Crippen molar-refractivity contribution in [3.63, 3.8) is 0 Å². The topological polar surface area (TPSA) is 83.5 Å². The van der Waals surface area contributed by atoms with E-state index in [1.54, 1.807) is 34.6 Å². The van der Waals surface area contributed by atoms with Crippen molar-refractivity contribution in [3.05, 3.63) is 0 Å². The second-order valence-electron chi connectivity index (χ2n) is 5.15. The van der Waals surface area contributed by atoms with Crippen LogP contribution in [0.4, 0.5) is 0 Å². The Bertz CT molecular complexity index is 340. The van der Waals surface area contributed by atoms with Crippen molar-refractivity contribution in [2.75, 3.05) is 6.54 Å². The molecule has 0 aromatic heterocycles. The zero-order valence-electron chi connectivity index (χ0n) is 10.4. The molecule has 0 aliphatic carbocycles. The largest absolute Gasteiger partial charge is 0.481 e. The van der Waals surface area contributed by atoms with Gasteiger partial charge in [0, 0.05) is 6.54 Å². The summed E-state index contributed by atoms with van der Waals surface area (Å²) in [5.41, 5.74) is 0. The van der Waals surface area contributed by atoms with Crippen LogP contribution < -0.4 is 4.72 Å². The summed E-state index contributed by atoms with van der Waals surface area (Å²) < 4.78 is 24.8. The summed E-state index contributed by atoms with van der Waals surface area (Å²) in [7, 11) is -3.47. The standard InChI is InChI=1S/C10H21NO4S/c1-7(2)8(9(12)13)6-11-16(14,15)10(3,4)5/h7-8,11H,6H2,1-5H3,(H,12,13). The molecule has 0 spiro atoms. The number of carbonyl (C=O) groups is 1. The molecular formula is C10H21NO4S. The molecule has 0 amide bonds. The number of carboxylic acids is 1. The van der Waals surface area contributed by atoms with Crippen LogP contribution in [0.2, 0.25) is 0 Å². The average Bonchev–Trinajstić information content (AvgIpc) is 1.99. The third-order valence-electron chi connectivity index (χ3n) is 2.42. The van der Waals surface area contributed by atoms with Gasteiger partial charge in [-0.15, -0.1) is 0 Å². The maximum atomic E-state index is 11.7. The molecule has 0 fully saturated rings. The number of hydrogen-bond acceptors (Lipinski definition) is 3. The lowest BCUT2D eigenvalue weighted by atomic mass is 9.97. The zero-order valence-corrected chi connectivity index (χ0v) is 11.3. The zero-order chi connectivity index (χ0) is 13.1. The Morgan fingerprint density at radius 2 is 1.75 bits per heavy atom. The summed E-state index contributed by atoms with van der Waals surface area (Å²) in [6, 6.07) is 0. The van der Waals surface area contributed by atoms with E-state index in [1.807, 2.05) is 0 Å². The number of carboxylic acid groups (broad SMARTS) is 1. The minimum absolute atomic E-state index is 0.0629. The van der Waals surface area contributed by atoms with Crippen LogP contribution in [-0.4, -0.2) is 30.8 Å². The third-order valence-corrected chi connectivity index (χ3v) is 4.58. The van der Waals surface area contributed by atoms with Crippen LogP contribution in [0.5, 0.6) is 0 Å². The molecule has 0 aliphatic rings. The second kappa shape index (κ2) is 5.14. The smallest absolute Gasteiger partial charge is 0.308 e. The predicted octanol–water partition coefficient (Wildman–Crippen LogP) is 1.06. The Morgan fingerprint density at radius 1 is 1.31 bits per heavy atom. The van der Waals surface area contributed by atoms with E-state index in [2.05, 4.69) is 4.72 Å². The Balaban J connectivity index is 4.62. The van der Waals surface area contributed by atoms with Gasteiger partial charge in [0.1, 0.15) is 0 Å². The molecule has 2 N–H and O–H groups in total. The Labute approximate surface area is 97.3 Å². The lowest BCUT2D eigenvalue weighted by Crippen LogP contribution is -2.43. The molecule has 0 rings (SSSR count). The van der Waals surface area contributed by atoms with Gasteiger partial charge in [-0.3, -0.25) is 4.79 Å².